The molecule has 0 radical (unpaired) electrons. The predicted molar refractivity (Wildman–Crippen MR) is 55.4 cm³/mol. The van der Waals surface area contributed by atoms with Gasteiger partial charge in [0.2, 0.25) is 0 Å². The summed E-state index contributed by atoms with van der Waals surface area (Å²) in [6, 6.07) is 7.79. The summed E-state index contributed by atoms with van der Waals surface area (Å²) >= 11 is 0. The lowest BCUT2D eigenvalue weighted by atomic mass is 10.2. The zero-order valence-corrected chi connectivity index (χ0v) is 8.29. The highest BCUT2D eigenvalue weighted by Crippen LogP contribution is 2.08. The molecule has 1 aromatic carbocycles. The monoisotopic (exact) mass is 179 g/mol. The Hall–Kier alpha value is -1.02. The van der Waals surface area contributed by atoms with E-state index < -0.39 is 0 Å². The van der Waals surface area contributed by atoms with Crippen LogP contribution in [0.1, 0.15) is 25.8 Å². The van der Waals surface area contributed by atoms with Gasteiger partial charge < -0.3 is 10.5 Å². The van der Waals surface area contributed by atoms with Gasteiger partial charge in [0.25, 0.3) is 0 Å². The second-order valence-corrected chi connectivity index (χ2v) is 3.27. The first-order chi connectivity index (χ1) is 6.22. The molecule has 0 aliphatic heterocycles. The summed E-state index contributed by atoms with van der Waals surface area (Å²) in [5, 5.41) is 0. The molecule has 0 saturated heterocycles. The van der Waals surface area contributed by atoms with E-state index in [0.29, 0.717) is 12.7 Å². The summed E-state index contributed by atoms with van der Waals surface area (Å²) in [5.74, 6) is 0. The molecule has 0 fully saturated rings. The highest BCUT2D eigenvalue weighted by molar-refractivity contribution is 5.39. The van der Waals surface area contributed by atoms with E-state index in [2.05, 4.69) is 13.8 Å². The summed E-state index contributed by atoms with van der Waals surface area (Å²) in [6.07, 6.45) is 1.38. The molecule has 1 atom stereocenters. The smallest absolute Gasteiger partial charge is 0.0720 e. The molecule has 13 heavy (non-hydrogen) atoms. The van der Waals surface area contributed by atoms with Crippen LogP contribution in [-0.4, -0.2) is 6.10 Å². The SMILES string of the molecule is CC[C@H](C)OCc1ccc(N)cc1. The molecule has 0 aliphatic carbocycles. The van der Waals surface area contributed by atoms with Crippen molar-refractivity contribution >= 4 is 5.69 Å². The van der Waals surface area contributed by atoms with Crippen LogP contribution in [0.5, 0.6) is 0 Å². The Morgan fingerprint density at radius 3 is 2.46 bits per heavy atom. The molecular weight excluding hydrogens is 162 g/mol. The first kappa shape index (κ1) is 10.1. The summed E-state index contributed by atoms with van der Waals surface area (Å²) in [7, 11) is 0. The van der Waals surface area contributed by atoms with E-state index in [1.54, 1.807) is 0 Å². The summed E-state index contributed by atoms with van der Waals surface area (Å²) < 4.78 is 5.58. The van der Waals surface area contributed by atoms with Gasteiger partial charge in [-0.3, -0.25) is 0 Å². The van der Waals surface area contributed by atoms with Crippen molar-refractivity contribution in [1.29, 1.82) is 0 Å². The van der Waals surface area contributed by atoms with Crippen LogP contribution in [0.25, 0.3) is 0 Å². The molecule has 2 N–H and O–H groups in total. The van der Waals surface area contributed by atoms with Crippen LogP contribution in [0.3, 0.4) is 0 Å². The van der Waals surface area contributed by atoms with E-state index >= 15 is 0 Å². The molecule has 2 heteroatoms. The standard InChI is InChI=1S/C11H17NO/c1-3-9(2)13-8-10-4-6-11(12)7-5-10/h4-7,9H,3,8,12H2,1-2H3/t9-/m0/s1. The Balaban J connectivity index is 2.41. The highest BCUT2D eigenvalue weighted by atomic mass is 16.5. The van der Waals surface area contributed by atoms with Crippen LogP contribution < -0.4 is 5.73 Å². The molecule has 72 valence electrons. The minimum absolute atomic E-state index is 0.331. The minimum Gasteiger partial charge on any atom is -0.399 e. The molecule has 0 aliphatic rings. The number of hydrogen-bond acceptors (Lipinski definition) is 2. The average molecular weight is 179 g/mol. The van der Waals surface area contributed by atoms with E-state index in [1.807, 2.05) is 24.3 Å². The van der Waals surface area contributed by atoms with Gasteiger partial charge in [0.15, 0.2) is 0 Å². The van der Waals surface area contributed by atoms with Gasteiger partial charge in [-0.2, -0.15) is 0 Å². The summed E-state index contributed by atoms with van der Waals surface area (Å²) in [4.78, 5) is 0. The summed E-state index contributed by atoms with van der Waals surface area (Å²) in [5.41, 5.74) is 7.54. The van der Waals surface area contributed by atoms with Crippen molar-refractivity contribution < 1.29 is 4.74 Å². The van der Waals surface area contributed by atoms with Crippen LogP contribution >= 0.6 is 0 Å². The molecule has 0 saturated carbocycles. The zero-order chi connectivity index (χ0) is 9.68. The molecule has 0 amide bonds. The van der Waals surface area contributed by atoms with E-state index in [0.717, 1.165) is 12.1 Å². The second kappa shape index (κ2) is 4.87. The number of ether oxygens (including phenoxy) is 1. The first-order valence-electron chi connectivity index (χ1n) is 4.68. The van der Waals surface area contributed by atoms with Crippen LogP contribution in [-0.2, 0) is 11.3 Å². The fourth-order valence-corrected chi connectivity index (χ4v) is 0.970. The normalized spacial score (nSPS) is 12.8. The second-order valence-electron chi connectivity index (χ2n) is 3.27. The number of nitrogen functional groups attached to an aromatic ring is 1. The van der Waals surface area contributed by atoms with Crippen molar-refractivity contribution in [3.8, 4) is 0 Å². The summed E-state index contributed by atoms with van der Waals surface area (Å²) in [6.45, 7) is 4.88. The van der Waals surface area contributed by atoms with E-state index in [1.165, 1.54) is 5.56 Å². The highest BCUT2D eigenvalue weighted by Gasteiger charge is 1.98. The van der Waals surface area contributed by atoms with Gasteiger partial charge in [-0.25, -0.2) is 0 Å². The van der Waals surface area contributed by atoms with Crippen LogP contribution in [0.4, 0.5) is 5.69 Å². The van der Waals surface area contributed by atoms with Gasteiger partial charge >= 0.3 is 0 Å². The predicted octanol–water partition coefficient (Wildman–Crippen LogP) is 2.58. The van der Waals surface area contributed by atoms with Crippen molar-refractivity contribution in [3.05, 3.63) is 29.8 Å². The Morgan fingerprint density at radius 2 is 1.92 bits per heavy atom. The third-order valence-corrected chi connectivity index (χ3v) is 2.09. The number of nitrogens with two attached hydrogens (primary N) is 1. The maximum Gasteiger partial charge on any atom is 0.0720 e. The zero-order valence-electron chi connectivity index (χ0n) is 8.29. The van der Waals surface area contributed by atoms with Gasteiger partial charge in [-0.1, -0.05) is 19.1 Å². The Bertz CT molecular complexity index is 243. The number of anilines is 1. The molecule has 0 unspecified atom stereocenters. The maximum absolute atomic E-state index is 5.58. The van der Waals surface area contributed by atoms with Crippen molar-refractivity contribution in [2.75, 3.05) is 5.73 Å². The maximum atomic E-state index is 5.58. The molecule has 0 bridgehead atoms. The van der Waals surface area contributed by atoms with Crippen molar-refractivity contribution in [2.24, 2.45) is 0 Å². The van der Waals surface area contributed by atoms with Gasteiger partial charge in [-0.05, 0) is 31.0 Å². The number of hydrogen-bond donors (Lipinski definition) is 1. The van der Waals surface area contributed by atoms with Crippen molar-refractivity contribution in [3.63, 3.8) is 0 Å². The largest absolute Gasteiger partial charge is 0.399 e. The molecule has 2 nitrogen and oxygen atoms in total. The van der Waals surface area contributed by atoms with Crippen molar-refractivity contribution in [1.82, 2.24) is 0 Å². The molecule has 0 heterocycles. The van der Waals surface area contributed by atoms with E-state index in [9.17, 15) is 0 Å². The van der Waals surface area contributed by atoms with Gasteiger partial charge in [0, 0.05) is 5.69 Å². The molecular formula is C11H17NO. The third kappa shape index (κ3) is 3.47. The van der Waals surface area contributed by atoms with E-state index in [4.69, 9.17) is 10.5 Å². The first-order valence-corrected chi connectivity index (χ1v) is 4.68. The van der Waals surface area contributed by atoms with E-state index in [-0.39, 0.29) is 0 Å². The molecule has 0 spiro atoms. The van der Waals surface area contributed by atoms with Gasteiger partial charge in [0.1, 0.15) is 0 Å². The van der Waals surface area contributed by atoms with Crippen molar-refractivity contribution in [2.45, 2.75) is 33.0 Å². The van der Waals surface area contributed by atoms with Gasteiger partial charge in [0.05, 0.1) is 12.7 Å². The topological polar surface area (TPSA) is 35.2 Å². The Labute approximate surface area is 79.7 Å². The van der Waals surface area contributed by atoms with Gasteiger partial charge in [-0.15, -0.1) is 0 Å². The third-order valence-electron chi connectivity index (χ3n) is 2.09. The fraction of sp³-hybridized carbons (Fsp3) is 0.455. The number of rotatable bonds is 4. The van der Waals surface area contributed by atoms with Crippen LogP contribution in [0.15, 0.2) is 24.3 Å². The molecule has 0 aromatic heterocycles. The lowest BCUT2D eigenvalue weighted by Gasteiger charge is -2.10. The lowest BCUT2D eigenvalue weighted by molar-refractivity contribution is 0.0508. The lowest BCUT2D eigenvalue weighted by Crippen LogP contribution is -2.05. The van der Waals surface area contributed by atoms with Crippen LogP contribution in [0, 0.1) is 0 Å². The number of benzene rings is 1. The average Bonchev–Trinajstić information content (AvgIpc) is 2.16. The quantitative estimate of drug-likeness (QED) is 0.721. The Kier molecular flexibility index (Phi) is 3.77. The Morgan fingerprint density at radius 1 is 1.31 bits per heavy atom. The fourth-order valence-electron chi connectivity index (χ4n) is 0.970. The molecule has 1 rings (SSSR count). The minimum atomic E-state index is 0.331. The van der Waals surface area contributed by atoms with Crippen LogP contribution in [0.2, 0.25) is 0 Å². The molecule has 1 aromatic rings.